The molecule has 5 nitrogen and oxygen atoms in total. The van der Waals surface area contributed by atoms with Gasteiger partial charge in [0.2, 0.25) is 5.91 Å². The van der Waals surface area contributed by atoms with E-state index in [0.29, 0.717) is 24.6 Å². The molecule has 2 fully saturated rings. The number of carbonyl (C=O) groups excluding carboxylic acids is 1. The molecular weight excluding hydrogens is 232 g/mol. The van der Waals surface area contributed by atoms with Crippen molar-refractivity contribution in [2.75, 3.05) is 39.5 Å². The van der Waals surface area contributed by atoms with E-state index >= 15 is 0 Å². The third-order valence-corrected chi connectivity index (χ3v) is 3.51. The number of carbonyl (C=O) groups is 1. The number of amides is 1. The Kier molecular flexibility index (Phi) is 4.97. The van der Waals surface area contributed by atoms with E-state index in [2.05, 4.69) is 19.2 Å². The maximum absolute atomic E-state index is 12.0. The highest BCUT2D eigenvalue weighted by Gasteiger charge is 2.25. The molecule has 0 bridgehead atoms. The summed E-state index contributed by atoms with van der Waals surface area (Å²) in [6.07, 6.45) is 1.05. The van der Waals surface area contributed by atoms with Gasteiger partial charge in [-0.15, -0.1) is 0 Å². The maximum atomic E-state index is 12.0. The number of piperazine rings is 1. The summed E-state index contributed by atoms with van der Waals surface area (Å²) in [4.78, 5) is 13.9. The minimum atomic E-state index is 0.106. The van der Waals surface area contributed by atoms with Gasteiger partial charge in [-0.3, -0.25) is 4.79 Å². The van der Waals surface area contributed by atoms with Gasteiger partial charge in [0.05, 0.1) is 13.2 Å². The largest absolute Gasteiger partial charge is 0.381 e. The van der Waals surface area contributed by atoms with E-state index in [1.165, 1.54) is 0 Å². The fraction of sp³-hybridized carbons (Fsp3) is 0.923. The molecule has 1 N–H and O–H groups in total. The Morgan fingerprint density at radius 1 is 1.39 bits per heavy atom. The molecule has 3 atom stereocenters. The Morgan fingerprint density at radius 2 is 2.11 bits per heavy atom. The molecular formula is C13H24N2O3. The van der Waals surface area contributed by atoms with Crippen LogP contribution in [-0.4, -0.2) is 62.4 Å². The molecule has 0 unspecified atom stereocenters. The van der Waals surface area contributed by atoms with Crippen LogP contribution in [0.5, 0.6) is 0 Å². The van der Waals surface area contributed by atoms with E-state index in [4.69, 9.17) is 9.47 Å². The third kappa shape index (κ3) is 3.93. The molecule has 0 aromatic carbocycles. The predicted molar refractivity (Wildman–Crippen MR) is 68.4 cm³/mol. The van der Waals surface area contributed by atoms with Crippen LogP contribution in [0.1, 0.15) is 20.3 Å². The van der Waals surface area contributed by atoms with Gasteiger partial charge in [-0.05, 0) is 20.3 Å². The van der Waals surface area contributed by atoms with Crippen LogP contribution in [-0.2, 0) is 14.3 Å². The van der Waals surface area contributed by atoms with E-state index in [1.807, 2.05) is 4.90 Å². The Labute approximate surface area is 109 Å². The highest BCUT2D eigenvalue weighted by Crippen LogP contribution is 2.12. The van der Waals surface area contributed by atoms with E-state index in [0.717, 1.165) is 32.7 Å². The molecule has 5 heteroatoms. The first-order valence-electron chi connectivity index (χ1n) is 6.84. The zero-order valence-electron chi connectivity index (χ0n) is 11.4. The van der Waals surface area contributed by atoms with Crippen LogP contribution in [0.15, 0.2) is 0 Å². The summed E-state index contributed by atoms with van der Waals surface area (Å²) in [6, 6.07) is 0.724. The van der Waals surface area contributed by atoms with E-state index in [-0.39, 0.29) is 12.5 Å². The van der Waals surface area contributed by atoms with Gasteiger partial charge < -0.3 is 19.7 Å². The van der Waals surface area contributed by atoms with Gasteiger partial charge in [-0.1, -0.05) is 0 Å². The van der Waals surface area contributed by atoms with Crippen LogP contribution in [0.3, 0.4) is 0 Å². The number of hydrogen-bond donors (Lipinski definition) is 1. The fourth-order valence-electron chi connectivity index (χ4n) is 2.65. The third-order valence-electron chi connectivity index (χ3n) is 3.51. The normalized spacial score (nSPS) is 32.8. The van der Waals surface area contributed by atoms with E-state index in [9.17, 15) is 4.79 Å². The lowest BCUT2D eigenvalue weighted by Crippen LogP contribution is -2.56. The summed E-state index contributed by atoms with van der Waals surface area (Å²) < 4.78 is 10.8. The first kappa shape index (κ1) is 13.8. The lowest BCUT2D eigenvalue weighted by Gasteiger charge is -2.36. The Bertz CT molecular complexity index is 269. The first-order chi connectivity index (χ1) is 8.65. The summed E-state index contributed by atoms with van der Waals surface area (Å²) in [7, 11) is 0. The van der Waals surface area contributed by atoms with Gasteiger partial charge in [-0.25, -0.2) is 0 Å². The van der Waals surface area contributed by atoms with Crippen LogP contribution in [0, 0.1) is 5.92 Å². The van der Waals surface area contributed by atoms with Crippen molar-refractivity contribution in [1.82, 2.24) is 10.2 Å². The molecule has 2 aliphatic rings. The van der Waals surface area contributed by atoms with E-state index < -0.39 is 0 Å². The second-order valence-electron chi connectivity index (χ2n) is 5.51. The van der Waals surface area contributed by atoms with Gasteiger partial charge in [-0.2, -0.15) is 0 Å². The number of rotatable bonds is 4. The Hall–Kier alpha value is -0.650. The fourth-order valence-corrected chi connectivity index (χ4v) is 2.65. The molecule has 2 rings (SSSR count). The average molecular weight is 256 g/mol. The Balaban J connectivity index is 1.67. The van der Waals surface area contributed by atoms with Crippen molar-refractivity contribution >= 4 is 5.91 Å². The molecule has 1 amide bonds. The van der Waals surface area contributed by atoms with Crippen molar-refractivity contribution in [3.63, 3.8) is 0 Å². The monoisotopic (exact) mass is 256 g/mol. The summed E-state index contributed by atoms with van der Waals surface area (Å²) in [5.74, 6) is 0.577. The van der Waals surface area contributed by atoms with Crippen LogP contribution < -0.4 is 5.32 Å². The number of hydrogen-bond acceptors (Lipinski definition) is 4. The maximum Gasteiger partial charge on any atom is 0.248 e. The minimum Gasteiger partial charge on any atom is -0.381 e. The molecule has 18 heavy (non-hydrogen) atoms. The lowest BCUT2D eigenvalue weighted by atomic mass is 10.1. The lowest BCUT2D eigenvalue weighted by molar-refractivity contribution is -0.138. The first-order valence-corrected chi connectivity index (χ1v) is 6.84. The number of ether oxygens (including phenoxy) is 2. The molecule has 0 spiro atoms. The molecule has 2 heterocycles. The summed E-state index contributed by atoms with van der Waals surface area (Å²) in [5, 5.41) is 3.41. The molecule has 2 saturated heterocycles. The van der Waals surface area contributed by atoms with Gasteiger partial charge in [0.25, 0.3) is 0 Å². The molecule has 0 saturated carbocycles. The topological polar surface area (TPSA) is 50.8 Å². The second-order valence-corrected chi connectivity index (χ2v) is 5.51. The summed E-state index contributed by atoms with van der Waals surface area (Å²) >= 11 is 0. The summed E-state index contributed by atoms with van der Waals surface area (Å²) in [5.41, 5.74) is 0. The molecule has 0 aliphatic carbocycles. The van der Waals surface area contributed by atoms with Crippen molar-refractivity contribution < 1.29 is 14.3 Å². The second kappa shape index (κ2) is 6.50. The highest BCUT2D eigenvalue weighted by atomic mass is 16.5. The molecule has 104 valence electrons. The minimum absolute atomic E-state index is 0.106. The van der Waals surface area contributed by atoms with Crippen LogP contribution in [0.4, 0.5) is 0 Å². The van der Waals surface area contributed by atoms with Crippen molar-refractivity contribution in [3.8, 4) is 0 Å². The zero-order valence-corrected chi connectivity index (χ0v) is 11.4. The van der Waals surface area contributed by atoms with Crippen molar-refractivity contribution in [1.29, 1.82) is 0 Å². The average Bonchev–Trinajstić information content (AvgIpc) is 2.80. The SMILES string of the molecule is C[C@@H]1CN(C(=O)COC[C@@H]2CCOC2)C[C@H](C)N1. The van der Waals surface area contributed by atoms with Gasteiger partial charge in [0.15, 0.2) is 0 Å². The van der Waals surface area contributed by atoms with Gasteiger partial charge in [0.1, 0.15) is 6.61 Å². The van der Waals surface area contributed by atoms with Crippen LogP contribution in [0.2, 0.25) is 0 Å². The van der Waals surface area contributed by atoms with Crippen LogP contribution >= 0.6 is 0 Å². The van der Waals surface area contributed by atoms with Crippen molar-refractivity contribution in [2.24, 2.45) is 5.92 Å². The molecule has 2 aliphatic heterocycles. The quantitative estimate of drug-likeness (QED) is 0.783. The van der Waals surface area contributed by atoms with Crippen LogP contribution in [0.25, 0.3) is 0 Å². The number of nitrogens with zero attached hydrogens (tertiary/aromatic N) is 1. The van der Waals surface area contributed by atoms with Crippen molar-refractivity contribution in [2.45, 2.75) is 32.4 Å². The molecule has 0 aromatic rings. The van der Waals surface area contributed by atoms with Gasteiger partial charge in [0, 0.05) is 37.7 Å². The highest BCUT2D eigenvalue weighted by molar-refractivity contribution is 5.77. The van der Waals surface area contributed by atoms with E-state index in [1.54, 1.807) is 0 Å². The standard InChI is InChI=1S/C13H24N2O3/c1-10-5-15(6-11(2)14-10)13(16)9-18-8-12-3-4-17-7-12/h10-12,14H,3-9H2,1-2H3/t10-,11+,12-/m1/s1. The predicted octanol–water partition coefficient (Wildman–Crippen LogP) is 0.248. The number of nitrogens with one attached hydrogen (secondary N) is 1. The zero-order chi connectivity index (χ0) is 13.0. The molecule has 0 aromatic heterocycles. The molecule has 0 radical (unpaired) electrons. The Morgan fingerprint density at radius 3 is 2.72 bits per heavy atom. The van der Waals surface area contributed by atoms with Crippen molar-refractivity contribution in [3.05, 3.63) is 0 Å². The van der Waals surface area contributed by atoms with Gasteiger partial charge >= 0.3 is 0 Å². The summed E-state index contributed by atoms with van der Waals surface area (Å²) in [6.45, 7) is 8.21. The smallest absolute Gasteiger partial charge is 0.248 e.